The average molecular weight is 393 g/mol. The third-order valence-corrected chi connectivity index (χ3v) is 11.2. The number of hydrogen-bond acceptors (Lipinski definition) is 1. The van der Waals surface area contributed by atoms with Crippen LogP contribution >= 0.6 is 0 Å². The molecule has 0 spiro atoms. The summed E-state index contributed by atoms with van der Waals surface area (Å²) >= 11 is 0. The Balaban J connectivity index is 2.47. The fraction of sp³-hybridized carbons (Fsp3) is 0.840. The second-order valence-corrected chi connectivity index (χ2v) is 15.0. The first-order chi connectivity index (χ1) is 12.7. The third kappa shape index (κ3) is 9.61. The first-order valence-electron chi connectivity index (χ1n) is 11.7. The van der Waals surface area contributed by atoms with Gasteiger partial charge in [0, 0.05) is 6.10 Å². The van der Waals surface area contributed by atoms with Gasteiger partial charge in [-0.1, -0.05) is 83.6 Å². The SMILES string of the molecule is CCCCCC/C=C/C/C=C(\C)C[C@H]1CCCC[C@@H]1O[Si](C)(C)C(C)(C)C. The normalized spacial score (nSPS) is 22.6. The summed E-state index contributed by atoms with van der Waals surface area (Å²) in [6.45, 7) is 16.5. The highest BCUT2D eigenvalue weighted by atomic mass is 28.4. The van der Waals surface area contributed by atoms with E-state index >= 15 is 0 Å². The van der Waals surface area contributed by atoms with Crippen molar-refractivity contribution in [3.8, 4) is 0 Å². The molecule has 158 valence electrons. The molecular formula is C25H48OSi. The summed E-state index contributed by atoms with van der Waals surface area (Å²) in [6.07, 6.45) is 22.0. The molecule has 0 bridgehead atoms. The molecule has 1 saturated carbocycles. The Kier molecular flexibility index (Phi) is 11.2. The molecular weight excluding hydrogens is 344 g/mol. The molecule has 0 heterocycles. The molecule has 27 heavy (non-hydrogen) atoms. The van der Waals surface area contributed by atoms with Crippen LogP contribution in [0.3, 0.4) is 0 Å². The molecule has 0 saturated heterocycles. The van der Waals surface area contributed by atoms with Crippen molar-refractivity contribution in [3.63, 3.8) is 0 Å². The van der Waals surface area contributed by atoms with Crippen molar-refractivity contribution in [2.24, 2.45) is 5.92 Å². The Labute approximate surface area is 172 Å². The lowest BCUT2D eigenvalue weighted by atomic mass is 9.82. The molecule has 2 atom stereocenters. The van der Waals surface area contributed by atoms with Gasteiger partial charge in [0.1, 0.15) is 0 Å². The van der Waals surface area contributed by atoms with Crippen LogP contribution in [-0.2, 0) is 4.43 Å². The molecule has 1 aliphatic rings. The van der Waals surface area contributed by atoms with Crippen LogP contribution in [0.5, 0.6) is 0 Å². The Morgan fingerprint density at radius 3 is 2.41 bits per heavy atom. The smallest absolute Gasteiger partial charge is 0.192 e. The zero-order valence-electron chi connectivity index (χ0n) is 19.6. The van der Waals surface area contributed by atoms with Crippen molar-refractivity contribution in [2.45, 2.75) is 129 Å². The van der Waals surface area contributed by atoms with Crippen LogP contribution in [-0.4, -0.2) is 14.4 Å². The van der Waals surface area contributed by atoms with Gasteiger partial charge in [-0.15, -0.1) is 0 Å². The van der Waals surface area contributed by atoms with Crippen LogP contribution in [0.15, 0.2) is 23.8 Å². The summed E-state index contributed by atoms with van der Waals surface area (Å²) < 4.78 is 6.84. The lowest BCUT2D eigenvalue weighted by Gasteiger charge is -2.43. The first kappa shape index (κ1) is 24.7. The van der Waals surface area contributed by atoms with Gasteiger partial charge in [0.05, 0.1) is 0 Å². The van der Waals surface area contributed by atoms with Crippen molar-refractivity contribution in [1.82, 2.24) is 0 Å². The van der Waals surface area contributed by atoms with Gasteiger partial charge >= 0.3 is 0 Å². The summed E-state index contributed by atoms with van der Waals surface area (Å²) in [5, 5.41) is 0.307. The standard InChI is InChI=1S/C25H48OSi/c1-8-9-10-11-12-13-14-15-18-22(2)21-23-19-16-17-20-24(23)26-27(6,7)25(3,4)5/h13-14,18,23-24H,8-12,15-17,19-21H2,1-7H3/b14-13+,22-18+/t23-,24+/m1/s1. The van der Waals surface area contributed by atoms with E-state index in [0.29, 0.717) is 11.1 Å². The zero-order valence-corrected chi connectivity index (χ0v) is 20.6. The van der Waals surface area contributed by atoms with E-state index in [0.717, 1.165) is 12.3 Å². The van der Waals surface area contributed by atoms with Gasteiger partial charge in [-0.05, 0) is 69.5 Å². The van der Waals surface area contributed by atoms with E-state index < -0.39 is 8.32 Å². The molecule has 0 aliphatic heterocycles. The van der Waals surface area contributed by atoms with E-state index in [-0.39, 0.29) is 0 Å². The minimum absolute atomic E-state index is 0.307. The van der Waals surface area contributed by atoms with Crippen LogP contribution in [0.25, 0.3) is 0 Å². The summed E-state index contributed by atoms with van der Waals surface area (Å²) in [4.78, 5) is 0. The summed E-state index contributed by atoms with van der Waals surface area (Å²) in [6, 6.07) is 0. The van der Waals surface area contributed by atoms with Crippen molar-refractivity contribution in [1.29, 1.82) is 0 Å². The van der Waals surface area contributed by atoms with Crippen LogP contribution in [0, 0.1) is 5.92 Å². The van der Waals surface area contributed by atoms with Crippen LogP contribution in [0.2, 0.25) is 18.1 Å². The lowest BCUT2D eigenvalue weighted by Crippen LogP contribution is -2.46. The second kappa shape index (κ2) is 12.3. The topological polar surface area (TPSA) is 9.23 Å². The number of allylic oxidation sites excluding steroid dienone is 4. The fourth-order valence-electron chi connectivity index (χ4n) is 3.79. The molecule has 1 rings (SSSR count). The predicted molar refractivity (Wildman–Crippen MR) is 125 cm³/mol. The van der Waals surface area contributed by atoms with Crippen molar-refractivity contribution < 1.29 is 4.43 Å². The summed E-state index contributed by atoms with van der Waals surface area (Å²) in [7, 11) is -1.67. The molecule has 0 radical (unpaired) electrons. The van der Waals surface area contributed by atoms with E-state index in [1.165, 1.54) is 64.2 Å². The maximum Gasteiger partial charge on any atom is 0.192 e. The van der Waals surface area contributed by atoms with E-state index in [2.05, 4.69) is 65.9 Å². The van der Waals surface area contributed by atoms with Gasteiger partial charge in [0.25, 0.3) is 0 Å². The van der Waals surface area contributed by atoms with Gasteiger partial charge in [-0.3, -0.25) is 0 Å². The van der Waals surface area contributed by atoms with E-state index in [4.69, 9.17) is 4.43 Å². The van der Waals surface area contributed by atoms with Crippen LogP contribution in [0.1, 0.15) is 105 Å². The predicted octanol–water partition coefficient (Wildman–Crippen LogP) is 8.82. The Morgan fingerprint density at radius 2 is 1.74 bits per heavy atom. The number of rotatable bonds is 11. The molecule has 0 N–H and O–H groups in total. The summed E-state index contributed by atoms with van der Waals surface area (Å²) in [5.41, 5.74) is 1.56. The molecule has 0 aromatic carbocycles. The minimum atomic E-state index is -1.67. The minimum Gasteiger partial charge on any atom is -0.414 e. The largest absolute Gasteiger partial charge is 0.414 e. The highest BCUT2D eigenvalue weighted by molar-refractivity contribution is 6.74. The summed E-state index contributed by atoms with van der Waals surface area (Å²) in [5.74, 6) is 0.724. The van der Waals surface area contributed by atoms with Crippen molar-refractivity contribution in [3.05, 3.63) is 23.8 Å². The van der Waals surface area contributed by atoms with E-state index in [9.17, 15) is 0 Å². The van der Waals surface area contributed by atoms with Gasteiger partial charge in [0.15, 0.2) is 8.32 Å². The van der Waals surface area contributed by atoms with Gasteiger partial charge in [-0.25, -0.2) is 0 Å². The Bertz CT molecular complexity index is 455. The Hall–Kier alpha value is -0.343. The molecule has 1 fully saturated rings. The molecule has 2 heteroatoms. The highest BCUT2D eigenvalue weighted by Gasteiger charge is 2.41. The quantitative estimate of drug-likeness (QED) is 0.194. The van der Waals surface area contributed by atoms with Gasteiger partial charge < -0.3 is 4.43 Å². The van der Waals surface area contributed by atoms with Crippen LogP contribution in [0.4, 0.5) is 0 Å². The second-order valence-electron chi connectivity index (χ2n) is 10.3. The average Bonchev–Trinajstić information content (AvgIpc) is 2.58. The maximum atomic E-state index is 6.84. The number of hydrogen-bond donors (Lipinski definition) is 0. The van der Waals surface area contributed by atoms with Crippen molar-refractivity contribution >= 4 is 8.32 Å². The first-order valence-corrected chi connectivity index (χ1v) is 14.6. The molecule has 0 aromatic rings. The third-order valence-electron chi connectivity index (χ3n) is 6.67. The lowest BCUT2D eigenvalue weighted by molar-refractivity contribution is 0.0791. The molecule has 1 nitrogen and oxygen atoms in total. The monoisotopic (exact) mass is 392 g/mol. The zero-order chi connectivity index (χ0) is 20.3. The molecule has 1 aliphatic carbocycles. The van der Waals surface area contributed by atoms with Gasteiger partial charge in [-0.2, -0.15) is 0 Å². The van der Waals surface area contributed by atoms with E-state index in [1.807, 2.05) is 0 Å². The van der Waals surface area contributed by atoms with Crippen molar-refractivity contribution in [2.75, 3.05) is 0 Å². The van der Waals surface area contributed by atoms with Gasteiger partial charge in [0.2, 0.25) is 0 Å². The fourth-order valence-corrected chi connectivity index (χ4v) is 5.21. The Morgan fingerprint density at radius 1 is 1.04 bits per heavy atom. The number of unbranched alkanes of at least 4 members (excludes halogenated alkanes) is 4. The molecule has 0 aromatic heterocycles. The molecule has 0 amide bonds. The van der Waals surface area contributed by atoms with Crippen LogP contribution < -0.4 is 0 Å². The maximum absolute atomic E-state index is 6.84. The highest BCUT2D eigenvalue weighted by Crippen LogP contribution is 2.41. The van der Waals surface area contributed by atoms with E-state index in [1.54, 1.807) is 5.57 Å². The molecule has 0 unspecified atom stereocenters.